The van der Waals surface area contributed by atoms with E-state index in [4.69, 9.17) is 9.79 Å². The van der Waals surface area contributed by atoms with E-state index in [-0.39, 0.29) is 6.61 Å². The van der Waals surface area contributed by atoms with E-state index >= 15 is 0 Å². The number of hydrogen-bond donors (Lipinski definition) is 3. The number of hydrogen-bond acceptors (Lipinski definition) is 4. The molecule has 0 aromatic heterocycles. The summed E-state index contributed by atoms with van der Waals surface area (Å²) in [6.45, 7) is 19.3. The lowest BCUT2D eigenvalue weighted by molar-refractivity contribution is 0.191. The number of phosphoric acid groups is 2. The van der Waals surface area contributed by atoms with E-state index < -0.39 is 15.6 Å². The quantitative estimate of drug-likeness (QED) is 0.0601. The second-order valence-electron chi connectivity index (χ2n) is 13.7. The summed E-state index contributed by atoms with van der Waals surface area (Å²) in [5.41, 5.74) is 11.0. The van der Waals surface area contributed by atoms with Crippen LogP contribution in [0, 0.1) is 0 Å². The van der Waals surface area contributed by atoms with Crippen molar-refractivity contribution >= 4 is 15.6 Å². The SMILES string of the molecule is CC(C)=CCC/C(C)=C/CC/C(C)=C/CC/C(C)=C/CC/C(C)=C/CC/C(C)=C/CC/C(C)=C\CC/C(C)=C/COP(=O)(O)OP(=O)(O)O. The molecular formula is C40H68O7P2. The van der Waals surface area contributed by atoms with Crippen molar-refractivity contribution in [1.29, 1.82) is 0 Å². The van der Waals surface area contributed by atoms with Crippen LogP contribution in [0.1, 0.15) is 152 Å². The predicted octanol–water partition coefficient (Wildman–Crippen LogP) is 13.3. The minimum Gasteiger partial charge on any atom is -0.302 e. The van der Waals surface area contributed by atoms with Gasteiger partial charge < -0.3 is 14.7 Å². The minimum absolute atomic E-state index is 0.272. The minimum atomic E-state index is -5.10. The molecule has 0 fully saturated rings. The Morgan fingerprint density at radius 3 is 0.918 bits per heavy atom. The maximum atomic E-state index is 11.5. The zero-order valence-electron chi connectivity index (χ0n) is 32.1. The van der Waals surface area contributed by atoms with Crippen molar-refractivity contribution in [2.24, 2.45) is 0 Å². The number of allylic oxidation sites excluding steroid dienone is 15. The van der Waals surface area contributed by atoms with Crippen LogP contribution in [0.25, 0.3) is 0 Å². The molecule has 0 aliphatic carbocycles. The first-order chi connectivity index (χ1) is 22.9. The molecule has 0 radical (unpaired) electrons. The van der Waals surface area contributed by atoms with Gasteiger partial charge in [-0.2, -0.15) is 4.31 Å². The Hall–Kier alpha value is -1.82. The molecular weight excluding hydrogens is 654 g/mol. The number of rotatable bonds is 26. The molecule has 0 heterocycles. The highest BCUT2D eigenvalue weighted by Crippen LogP contribution is 2.57. The molecule has 0 saturated carbocycles. The van der Waals surface area contributed by atoms with Gasteiger partial charge in [-0.05, 0) is 152 Å². The molecule has 1 unspecified atom stereocenters. The van der Waals surface area contributed by atoms with Crippen LogP contribution in [0.5, 0.6) is 0 Å². The molecule has 0 rings (SSSR count). The molecule has 0 bridgehead atoms. The van der Waals surface area contributed by atoms with Crippen molar-refractivity contribution in [3.8, 4) is 0 Å². The summed E-state index contributed by atoms with van der Waals surface area (Å²) >= 11 is 0. The molecule has 0 amide bonds. The van der Waals surface area contributed by atoms with Gasteiger partial charge in [0, 0.05) is 0 Å². The molecule has 0 aliphatic heterocycles. The molecule has 49 heavy (non-hydrogen) atoms. The predicted molar refractivity (Wildman–Crippen MR) is 209 cm³/mol. The van der Waals surface area contributed by atoms with Gasteiger partial charge in [-0.25, -0.2) is 9.13 Å². The van der Waals surface area contributed by atoms with Crippen LogP contribution in [0.15, 0.2) is 93.2 Å². The first kappa shape index (κ1) is 47.2. The molecule has 280 valence electrons. The third-order valence-corrected chi connectivity index (χ3v) is 10.3. The van der Waals surface area contributed by atoms with E-state index in [9.17, 15) is 14.0 Å². The van der Waals surface area contributed by atoms with Gasteiger partial charge in [-0.3, -0.25) is 4.52 Å². The fourth-order valence-electron chi connectivity index (χ4n) is 5.01. The smallest absolute Gasteiger partial charge is 0.302 e. The highest BCUT2D eigenvalue weighted by atomic mass is 31.3. The van der Waals surface area contributed by atoms with E-state index in [1.807, 2.05) is 6.92 Å². The highest BCUT2D eigenvalue weighted by Gasteiger charge is 2.31. The molecule has 9 heteroatoms. The lowest BCUT2D eigenvalue weighted by atomic mass is 10.0. The fraction of sp³-hybridized carbons (Fsp3) is 0.600. The van der Waals surface area contributed by atoms with Crippen LogP contribution < -0.4 is 0 Å². The summed E-state index contributed by atoms with van der Waals surface area (Å²) in [4.78, 5) is 26.6. The Bertz CT molecular complexity index is 1320. The van der Waals surface area contributed by atoms with Crippen LogP contribution in [-0.2, 0) is 18.0 Å². The lowest BCUT2D eigenvalue weighted by Crippen LogP contribution is -1.94. The zero-order chi connectivity index (χ0) is 37.3. The average molecular weight is 723 g/mol. The van der Waals surface area contributed by atoms with Gasteiger partial charge in [0.05, 0.1) is 6.61 Å². The van der Waals surface area contributed by atoms with Gasteiger partial charge >= 0.3 is 15.6 Å². The lowest BCUT2D eigenvalue weighted by Gasteiger charge is -2.11. The summed E-state index contributed by atoms with van der Waals surface area (Å²) < 4.78 is 30.5. The third kappa shape index (κ3) is 31.9. The highest BCUT2D eigenvalue weighted by molar-refractivity contribution is 7.60. The van der Waals surface area contributed by atoms with E-state index in [2.05, 4.69) is 107 Å². The summed E-state index contributed by atoms with van der Waals surface area (Å²) in [5, 5.41) is 0. The maximum Gasteiger partial charge on any atom is 0.481 e. The average Bonchev–Trinajstić information content (AvgIpc) is 2.95. The van der Waals surface area contributed by atoms with Crippen molar-refractivity contribution < 1.29 is 32.6 Å². The van der Waals surface area contributed by atoms with Crippen LogP contribution in [0.4, 0.5) is 0 Å². The van der Waals surface area contributed by atoms with Crippen LogP contribution in [-0.4, -0.2) is 21.3 Å². The van der Waals surface area contributed by atoms with E-state index in [0.29, 0.717) is 0 Å². The molecule has 0 aromatic carbocycles. The summed E-state index contributed by atoms with van der Waals surface area (Å²) in [6, 6.07) is 0. The van der Waals surface area contributed by atoms with Gasteiger partial charge in [-0.1, -0.05) is 93.2 Å². The third-order valence-electron chi connectivity index (χ3n) is 8.16. The van der Waals surface area contributed by atoms with Crippen molar-refractivity contribution in [1.82, 2.24) is 0 Å². The maximum absolute atomic E-state index is 11.5. The van der Waals surface area contributed by atoms with Crippen LogP contribution in [0.2, 0.25) is 0 Å². The van der Waals surface area contributed by atoms with E-state index in [1.165, 1.54) is 45.4 Å². The van der Waals surface area contributed by atoms with Crippen molar-refractivity contribution in [2.45, 2.75) is 152 Å². The molecule has 1 atom stereocenters. The van der Waals surface area contributed by atoms with Crippen molar-refractivity contribution in [2.75, 3.05) is 6.61 Å². The first-order valence-electron chi connectivity index (χ1n) is 17.9. The van der Waals surface area contributed by atoms with Gasteiger partial charge in [-0.15, -0.1) is 0 Å². The summed E-state index contributed by atoms with van der Waals surface area (Å²) in [5.74, 6) is 0. The molecule has 0 spiro atoms. The van der Waals surface area contributed by atoms with Gasteiger partial charge in [0.15, 0.2) is 0 Å². The van der Waals surface area contributed by atoms with E-state index in [0.717, 1.165) is 89.0 Å². The Labute approximate surface area is 299 Å². The molecule has 0 saturated heterocycles. The monoisotopic (exact) mass is 722 g/mol. The van der Waals surface area contributed by atoms with Crippen LogP contribution in [0.3, 0.4) is 0 Å². The largest absolute Gasteiger partial charge is 0.481 e. The van der Waals surface area contributed by atoms with Gasteiger partial charge in [0.1, 0.15) is 0 Å². The van der Waals surface area contributed by atoms with Crippen LogP contribution >= 0.6 is 15.6 Å². The van der Waals surface area contributed by atoms with Gasteiger partial charge in [0.2, 0.25) is 0 Å². The summed E-state index contributed by atoms with van der Waals surface area (Å²) in [7, 11) is -9.90. The Morgan fingerprint density at radius 2 is 0.673 bits per heavy atom. The van der Waals surface area contributed by atoms with E-state index in [1.54, 1.807) is 6.08 Å². The zero-order valence-corrected chi connectivity index (χ0v) is 33.9. The normalized spacial score (nSPS) is 15.9. The molecule has 0 aromatic rings. The Kier molecular flexibility index (Phi) is 25.9. The molecule has 0 aliphatic rings. The second-order valence-corrected chi connectivity index (χ2v) is 16.6. The molecule has 3 N–H and O–H groups in total. The second kappa shape index (κ2) is 26.9. The first-order valence-corrected chi connectivity index (χ1v) is 20.9. The Balaban J connectivity index is 4.28. The number of phosphoric ester groups is 1. The van der Waals surface area contributed by atoms with Gasteiger partial charge in [0.25, 0.3) is 0 Å². The summed E-state index contributed by atoms with van der Waals surface area (Å²) in [6.07, 6.45) is 32.9. The fourth-order valence-corrected chi connectivity index (χ4v) is 6.54. The standard InChI is InChI=1S/C40H68O7P2/c1-33(2)17-10-18-34(3)19-11-20-35(4)21-12-22-36(5)23-13-24-37(6)25-14-26-38(7)27-15-28-39(8)29-16-30-40(9)31-32-46-49(44,45)47-48(41,42)43/h17,19,21,23,25,27,29,31H,10-16,18,20,22,24,26,28,30,32H2,1-9H3,(H,44,45)(H2,41,42,43)/b34-19+,35-21+,36-23+,37-25+,38-27+,39-29-,40-31+. The topological polar surface area (TPSA) is 113 Å². The van der Waals surface area contributed by atoms with Crippen molar-refractivity contribution in [3.05, 3.63) is 93.2 Å². The Morgan fingerprint density at radius 1 is 0.429 bits per heavy atom. The molecule has 7 nitrogen and oxygen atoms in total. The van der Waals surface area contributed by atoms with Crippen molar-refractivity contribution in [3.63, 3.8) is 0 Å².